The molecule has 2 rings (SSSR count). The van der Waals surface area contributed by atoms with Gasteiger partial charge in [-0.1, -0.05) is 24.3 Å². The molecule has 0 bridgehead atoms. The van der Waals surface area contributed by atoms with Gasteiger partial charge >= 0.3 is 0 Å². The maximum Gasteiger partial charge on any atom is 0.236 e. The molecule has 0 radical (unpaired) electrons. The highest BCUT2D eigenvalue weighted by Gasteiger charge is 2.13. The third kappa shape index (κ3) is 6.32. The second-order valence-electron chi connectivity index (χ2n) is 5.45. The van der Waals surface area contributed by atoms with Crippen LogP contribution in [0.15, 0.2) is 24.3 Å². The topological polar surface area (TPSA) is 73.6 Å². The molecule has 1 amide bonds. The molecular formula is C16H25ClN2O3. The van der Waals surface area contributed by atoms with Crippen LogP contribution in [0.1, 0.15) is 30.9 Å². The maximum absolute atomic E-state index is 11.4. The van der Waals surface area contributed by atoms with Gasteiger partial charge in [-0.05, 0) is 30.9 Å². The van der Waals surface area contributed by atoms with Gasteiger partial charge < -0.3 is 20.5 Å². The number of hydrogen-bond donors (Lipinski definition) is 2. The fraction of sp³-hybridized carbons (Fsp3) is 0.562. The number of benzene rings is 1. The number of nitrogens with one attached hydrogen (secondary N) is 1. The van der Waals surface area contributed by atoms with E-state index in [0.29, 0.717) is 19.3 Å². The van der Waals surface area contributed by atoms with Crippen molar-refractivity contribution in [2.45, 2.75) is 45.1 Å². The van der Waals surface area contributed by atoms with E-state index in [0.717, 1.165) is 37.2 Å². The molecule has 1 atom stereocenters. The molecule has 5 nitrogen and oxygen atoms in total. The van der Waals surface area contributed by atoms with Crippen molar-refractivity contribution in [1.82, 2.24) is 5.32 Å². The standard InChI is InChI=1S/C16H24N2O3.ClH/c1-12(17)16(19)18-10-13-2-4-14(5-3-13)11-21-15-6-8-20-9-7-15;/h2-5,12,15H,6-11,17H2,1H3,(H,18,19);1H. The number of hydrogen-bond acceptors (Lipinski definition) is 4. The summed E-state index contributed by atoms with van der Waals surface area (Å²) in [7, 11) is 0. The Labute approximate surface area is 138 Å². The van der Waals surface area contributed by atoms with Crippen molar-refractivity contribution in [3.63, 3.8) is 0 Å². The summed E-state index contributed by atoms with van der Waals surface area (Å²) in [5.41, 5.74) is 7.69. The van der Waals surface area contributed by atoms with Crippen LogP contribution in [0.3, 0.4) is 0 Å². The van der Waals surface area contributed by atoms with Gasteiger partial charge in [0, 0.05) is 19.8 Å². The zero-order chi connectivity index (χ0) is 15.1. The van der Waals surface area contributed by atoms with Gasteiger partial charge in [0.2, 0.25) is 5.91 Å². The molecule has 0 aliphatic carbocycles. The van der Waals surface area contributed by atoms with E-state index in [2.05, 4.69) is 5.32 Å². The first-order valence-corrected chi connectivity index (χ1v) is 7.45. The number of carbonyl (C=O) groups excluding carboxylic acids is 1. The van der Waals surface area contributed by atoms with Crippen molar-refractivity contribution in [3.8, 4) is 0 Å². The first-order chi connectivity index (χ1) is 10.1. The molecule has 6 heteroatoms. The summed E-state index contributed by atoms with van der Waals surface area (Å²) in [6.45, 7) is 4.39. The summed E-state index contributed by atoms with van der Waals surface area (Å²) in [4.78, 5) is 11.4. The summed E-state index contributed by atoms with van der Waals surface area (Å²) in [5, 5.41) is 2.79. The maximum atomic E-state index is 11.4. The third-order valence-corrected chi connectivity index (χ3v) is 3.56. The van der Waals surface area contributed by atoms with E-state index in [1.807, 2.05) is 24.3 Å². The van der Waals surface area contributed by atoms with Crippen molar-refractivity contribution in [2.75, 3.05) is 13.2 Å². The molecule has 0 saturated carbocycles. The van der Waals surface area contributed by atoms with Crippen LogP contribution in [0.4, 0.5) is 0 Å². The van der Waals surface area contributed by atoms with E-state index in [4.69, 9.17) is 15.2 Å². The Morgan fingerprint density at radius 2 is 1.91 bits per heavy atom. The summed E-state index contributed by atoms with van der Waals surface area (Å²) in [5.74, 6) is -0.137. The van der Waals surface area contributed by atoms with Gasteiger partial charge in [0.1, 0.15) is 0 Å². The van der Waals surface area contributed by atoms with Crippen LogP contribution in [-0.2, 0) is 27.4 Å². The number of amides is 1. The van der Waals surface area contributed by atoms with Crippen molar-refractivity contribution in [1.29, 1.82) is 0 Å². The summed E-state index contributed by atoms with van der Waals surface area (Å²) in [6, 6.07) is 7.60. The van der Waals surface area contributed by atoms with Crippen molar-refractivity contribution in [3.05, 3.63) is 35.4 Å². The molecule has 1 aromatic rings. The molecule has 124 valence electrons. The predicted octanol–water partition coefficient (Wildman–Crippen LogP) is 1.77. The average molecular weight is 329 g/mol. The third-order valence-electron chi connectivity index (χ3n) is 3.56. The molecular weight excluding hydrogens is 304 g/mol. The van der Waals surface area contributed by atoms with Gasteiger partial charge in [-0.2, -0.15) is 0 Å². The lowest BCUT2D eigenvalue weighted by molar-refractivity contribution is -0.122. The Hall–Kier alpha value is -1.14. The van der Waals surface area contributed by atoms with Crippen LogP contribution in [0.2, 0.25) is 0 Å². The van der Waals surface area contributed by atoms with Gasteiger partial charge in [-0.3, -0.25) is 4.79 Å². The molecule has 1 unspecified atom stereocenters. The molecule has 1 aromatic carbocycles. The number of carbonyl (C=O) groups is 1. The zero-order valence-electron chi connectivity index (χ0n) is 12.9. The van der Waals surface area contributed by atoms with Crippen LogP contribution in [0, 0.1) is 0 Å². The molecule has 3 N–H and O–H groups in total. The van der Waals surface area contributed by atoms with Gasteiger partial charge in [0.25, 0.3) is 0 Å². The number of nitrogens with two attached hydrogens (primary N) is 1. The van der Waals surface area contributed by atoms with E-state index in [1.165, 1.54) is 0 Å². The molecule has 1 aliphatic heterocycles. The number of ether oxygens (including phenoxy) is 2. The highest BCUT2D eigenvalue weighted by molar-refractivity contribution is 5.85. The Morgan fingerprint density at radius 3 is 2.50 bits per heavy atom. The second kappa shape index (κ2) is 9.79. The van der Waals surface area contributed by atoms with Crippen molar-refractivity contribution < 1.29 is 14.3 Å². The minimum atomic E-state index is -0.475. The quantitative estimate of drug-likeness (QED) is 0.834. The average Bonchev–Trinajstić information content (AvgIpc) is 2.52. The van der Waals surface area contributed by atoms with E-state index < -0.39 is 6.04 Å². The Balaban J connectivity index is 0.00000242. The summed E-state index contributed by atoms with van der Waals surface area (Å²) < 4.78 is 11.2. The van der Waals surface area contributed by atoms with Crippen LogP contribution < -0.4 is 11.1 Å². The second-order valence-corrected chi connectivity index (χ2v) is 5.45. The normalized spacial score (nSPS) is 16.6. The van der Waals surface area contributed by atoms with Gasteiger partial charge in [0.15, 0.2) is 0 Å². The minimum Gasteiger partial charge on any atom is -0.381 e. The Kier molecular flexibility index (Phi) is 8.42. The zero-order valence-corrected chi connectivity index (χ0v) is 13.7. The largest absolute Gasteiger partial charge is 0.381 e. The predicted molar refractivity (Wildman–Crippen MR) is 87.8 cm³/mol. The smallest absolute Gasteiger partial charge is 0.236 e. The molecule has 1 saturated heterocycles. The van der Waals surface area contributed by atoms with Crippen LogP contribution in [0.5, 0.6) is 0 Å². The number of halogens is 1. The van der Waals surface area contributed by atoms with Crippen LogP contribution in [-0.4, -0.2) is 31.3 Å². The van der Waals surface area contributed by atoms with E-state index in [9.17, 15) is 4.79 Å². The van der Waals surface area contributed by atoms with Gasteiger partial charge in [-0.25, -0.2) is 0 Å². The van der Waals surface area contributed by atoms with E-state index in [1.54, 1.807) is 6.92 Å². The lowest BCUT2D eigenvalue weighted by Gasteiger charge is -2.22. The molecule has 1 fully saturated rings. The lowest BCUT2D eigenvalue weighted by Crippen LogP contribution is -2.37. The molecule has 0 aromatic heterocycles. The first kappa shape index (κ1) is 18.9. The van der Waals surface area contributed by atoms with E-state index in [-0.39, 0.29) is 18.3 Å². The highest BCUT2D eigenvalue weighted by atomic mass is 35.5. The Morgan fingerprint density at radius 1 is 1.32 bits per heavy atom. The van der Waals surface area contributed by atoms with Gasteiger partial charge in [-0.15, -0.1) is 12.4 Å². The number of rotatable bonds is 6. The molecule has 1 aliphatic rings. The summed E-state index contributed by atoms with van der Waals surface area (Å²) in [6.07, 6.45) is 2.26. The fourth-order valence-electron chi connectivity index (χ4n) is 2.16. The lowest BCUT2D eigenvalue weighted by atomic mass is 10.1. The molecule has 22 heavy (non-hydrogen) atoms. The van der Waals surface area contributed by atoms with Gasteiger partial charge in [0.05, 0.1) is 18.8 Å². The monoisotopic (exact) mass is 328 g/mol. The Bertz CT molecular complexity index is 445. The summed E-state index contributed by atoms with van der Waals surface area (Å²) >= 11 is 0. The fourth-order valence-corrected chi connectivity index (χ4v) is 2.16. The van der Waals surface area contributed by atoms with Crippen LogP contribution >= 0.6 is 12.4 Å². The van der Waals surface area contributed by atoms with Crippen molar-refractivity contribution >= 4 is 18.3 Å². The first-order valence-electron chi connectivity index (χ1n) is 7.45. The minimum absolute atomic E-state index is 0. The molecule has 0 spiro atoms. The highest BCUT2D eigenvalue weighted by Crippen LogP contribution is 2.14. The van der Waals surface area contributed by atoms with Crippen LogP contribution in [0.25, 0.3) is 0 Å². The van der Waals surface area contributed by atoms with E-state index >= 15 is 0 Å². The molecule has 1 heterocycles. The van der Waals surface area contributed by atoms with Crippen molar-refractivity contribution in [2.24, 2.45) is 5.73 Å². The SMILES string of the molecule is CC(N)C(=O)NCc1ccc(COC2CCOCC2)cc1.Cl.